The fraction of sp³-hybridized carbons (Fsp3) is 0.667. The Labute approximate surface area is 151 Å². The summed E-state index contributed by atoms with van der Waals surface area (Å²) in [6.07, 6.45) is 5.37. The van der Waals surface area contributed by atoms with Crippen LogP contribution in [-0.4, -0.2) is 57.5 Å². The molecule has 0 spiro atoms. The van der Waals surface area contributed by atoms with Crippen molar-refractivity contribution in [1.82, 2.24) is 13.9 Å². The first kappa shape index (κ1) is 18.6. The predicted molar refractivity (Wildman–Crippen MR) is 98.9 cm³/mol. The molecule has 1 atom stereocenters. The minimum absolute atomic E-state index is 0.0629. The molecule has 1 aromatic carbocycles. The molecule has 0 saturated carbocycles. The molecule has 140 valence electrons. The predicted octanol–water partition coefficient (Wildman–Crippen LogP) is 2.15. The second-order valence-electron chi connectivity index (χ2n) is 6.85. The van der Waals surface area contributed by atoms with Crippen LogP contribution in [0.3, 0.4) is 0 Å². The highest BCUT2D eigenvalue weighted by Crippen LogP contribution is 2.26. The third-order valence-electron chi connectivity index (χ3n) is 5.20. The number of rotatable bonds is 7. The smallest absolute Gasteiger partial charge is 0.279 e. The van der Waals surface area contributed by atoms with Crippen molar-refractivity contribution >= 4 is 10.2 Å². The van der Waals surface area contributed by atoms with Gasteiger partial charge in [-0.15, -0.1) is 0 Å². The van der Waals surface area contributed by atoms with E-state index in [0.29, 0.717) is 19.6 Å². The Kier molecular flexibility index (Phi) is 6.33. The van der Waals surface area contributed by atoms with E-state index in [2.05, 4.69) is 9.62 Å². The van der Waals surface area contributed by atoms with Crippen molar-refractivity contribution < 1.29 is 13.2 Å². The SMILES string of the molecule is COc1ccc(C(CNS(=O)(=O)N2CCCCC2)N2CCCC2)cc1. The Morgan fingerprint density at radius 3 is 2.20 bits per heavy atom. The Bertz CT molecular complexity index is 636. The third-order valence-corrected chi connectivity index (χ3v) is 6.77. The Hall–Kier alpha value is -1.15. The molecule has 1 unspecified atom stereocenters. The summed E-state index contributed by atoms with van der Waals surface area (Å²) in [5.74, 6) is 0.817. The maximum atomic E-state index is 12.6. The number of nitrogens with zero attached hydrogens (tertiary/aromatic N) is 2. The molecule has 0 aliphatic carbocycles. The molecular formula is C18H29N3O3S. The van der Waals surface area contributed by atoms with Gasteiger partial charge in [0.1, 0.15) is 5.75 Å². The highest BCUT2D eigenvalue weighted by atomic mass is 32.2. The molecule has 25 heavy (non-hydrogen) atoms. The second kappa shape index (κ2) is 8.49. The van der Waals surface area contributed by atoms with Crippen molar-refractivity contribution in [2.24, 2.45) is 0 Å². The van der Waals surface area contributed by atoms with E-state index in [1.165, 1.54) is 12.8 Å². The van der Waals surface area contributed by atoms with E-state index in [9.17, 15) is 8.42 Å². The highest BCUT2D eigenvalue weighted by molar-refractivity contribution is 7.87. The lowest BCUT2D eigenvalue weighted by Gasteiger charge is -2.31. The summed E-state index contributed by atoms with van der Waals surface area (Å²) in [4.78, 5) is 2.38. The van der Waals surface area contributed by atoms with Crippen LogP contribution in [0.1, 0.15) is 43.7 Å². The topological polar surface area (TPSA) is 61.9 Å². The summed E-state index contributed by atoms with van der Waals surface area (Å²) in [7, 11) is -1.74. The van der Waals surface area contributed by atoms with Crippen LogP contribution >= 0.6 is 0 Å². The van der Waals surface area contributed by atoms with Gasteiger partial charge >= 0.3 is 0 Å². The summed E-state index contributed by atoms with van der Waals surface area (Å²) in [5.41, 5.74) is 1.13. The quantitative estimate of drug-likeness (QED) is 0.802. The molecule has 3 rings (SSSR count). The molecular weight excluding hydrogens is 338 g/mol. The number of piperidine rings is 1. The zero-order valence-electron chi connectivity index (χ0n) is 15.0. The molecule has 2 aliphatic heterocycles. The van der Waals surface area contributed by atoms with Gasteiger partial charge in [-0.3, -0.25) is 4.90 Å². The van der Waals surface area contributed by atoms with Crippen molar-refractivity contribution in [3.8, 4) is 5.75 Å². The monoisotopic (exact) mass is 367 g/mol. The molecule has 2 fully saturated rings. The molecule has 7 heteroatoms. The van der Waals surface area contributed by atoms with Gasteiger partial charge in [0, 0.05) is 25.7 Å². The van der Waals surface area contributed by atoms with E-state index in [1.807, 2.05) is 24.3 Å². The molecule has 0 bridgehead atoms. The average molecular weight is 368 g/mol. The lowest BCUT2D eigenvalue weighted by atomic mass is 10.1. The fourth-order valence-electron chi connectivity index (χ4n) is 3.72. The Balaban J connectivity index is 1.70. The molecule has 2 saturated heterocycles. The van der Waals surface area contributed by atoms with E-state index in [-0.39, 0.29) is 6.04 Å². The zero-order chi connectivity index (χ0) is 17.7. The van der Waals surface area contributed by atoms with E-state index >= 15 is 0 Å². The van der Waals surface area contributed by atoms with Gasteiger partial charge in [0.25, 0.3) is 10.2 Å². The first-order valence-electron chi connectivity index (χ1n) is 9.23. The van der Waals surface area contributed by atoms with Crippen LogP contribution in [0.4, 0.5) is 0 Å². The maximum absolute atomic E-state index is 12.6. The number of likely N-dealkylation sites (tertiary alicyclic amines) is 1. The second-order valence-corrected chi connectivity index (χ2v) is 8.60. The summed E-state index contributed by atoms with van der Waals surface area (Å²) < 4.78 is 34.9. The molecule has 2 heterocycles. The minimum atomic E-state index is -3.40. The number of hydrogen-bond donors (Lipinski definition) is 1. The van der Waals surface area contributed by atoms with Gasteiger partial charge in [0.2, 0.25) is 0 Å². The van der Waals surface area contributed by atoms with Crippen molar-refractivity contribution in [2.75, 3.05) is 39.8 Å². The number of benzene rings is 1. The number of hydrogen-bond acceptors (Lipinski definition) is 4. The van der Waals surface area contributed by atoms with E-state index < -0.39 is 10.2 Å². The van der Waals surface area contributed by atoms with Crippen LogP contribution in [0.15, 0.2) is 24.3 Å². The van der Waals surface area contributed by atoms with Crippen LogP contribution in [-0.2, 0) is 10.2 Å². The summed E-state index contributed by atoms with van der Waals surface area (Å²) in [6, 6.07) is 8.02. The number of methoxy groups -OCH3 is 1. The van der Waals surface area contributed by atoms with Crippen LogP contribution in [0.2, 0.25) is 0 Å². The van der Waals surface area contributed by atoms with Crippen LogP contribution in [0, 0.1) is 0 Å². The first-order valence-corrected chi connectivity index (χ1v) is 10.7. The molecule has 0 amide bonds. The summed E-state index contributed by atoms with van der Waals surface area (Å²) >= 11 is 0. The minimum Gasteiger partial charge on any atom is -0.497 e. The largest absolute Gasteiger partial charge is 0.497 e. The first-order chi connectivity index (χ1) is 12.1. The maximum Gasteiger partial charge on any atom is 0.279 e. The van der Waals surface area contributed by atoms with Crippen molar-refractivity contribution in [3.63, 3.8) is 0 Å². The van der Waals surface area contributed by atoms with E-state index in [0.717, 1.165) is 43.7 Å². The van der Waals surface area contributed by atoms with Crippen molar-refractivity contribution in [2.45, 2.75) is 38.1 Å². The van der Waals surface area contributed by atoms with Gasteiger partial charge in [0.15, 0.2) is 0 Å². The van der Waals surface area contributed by atoms with Crippen LogP contribution in [0.25, 0.3) is 0 Å². The van der Waals surface area contributed by atoms with Gasteiger partial charge < -0.3 is 4.74 Å². The van der Waals surface area contributed by atoms with E-state index in [4.69, 9.17) is 4.74 Å². The molecule has 6 nitrogen and oxygen atoms in total. The molecule has 1 aromatic rings. The van der Waals surface area contributed by atoms with Crippen LogP contribution < -0.4 is 9.46 Å². The lowest BCUT2D eigenvalue weighted by molar-refractivity contribution is 0.244. The van der Waals surface area contributed by atoms with Gasteiger partial charge in [0.05, 0.1) is 7.11 Å². The standard InChI is InChI=1S/C18H29N3O3S/c1-24-17-9-7-16(8-10-17)18(20-11-5-6-12-20)15-19-25(22,23)21-13-3-2-4-14-21/h7-10,18-19H,2-6,11-15H2,1H3. The third kappa shape index (κ3) is 4.73. The zero-order valence-corrected chi connectivity index (χ0v) is 15.8. The fourth-order valence-corrected chi connectivity index (χ4v) is 5.01. The molecule has 1 N–H and O–H groups in total. The van der Waals surface area contributed by atoms with Crippen molar-refractivity contribution in [1.29, 1.82) is 0 Å². The number of nitrogens with one attached hydrogen (secondary N) is 1. The average Bonchev–Trinajstić information content (AvgIpc) is 3.17. The molecule has 0 radical (unpaired) electrons. The molecule has 2 aliphatic rings. The van der Waals surface area contributed by atoms with E-state index in [1.54, 1.807) is 11.4 Å². The van der Waals surface area contributed by atoms with Gasteiger partial charge in [-0.25, -0.2) is 4.72 Å². The van der Waals surface area contributed by atoms with Crippen LogP contribution in [0.5, 0.6) is 5.75 Å². The normalized spacial score (nSPS) is 21.3. The number of ether oxygens (including phenoxy) is 1. The van der Waals surface area contributed by atoms with Gasteiger partial charge in [-0.2, -0.15) is 12.7 Å². The highest BCUT2D eigenvalue weighted by Gasteiger charge is 2.28. The lowest BCUT2D eigenvalue weighted by Crippen LogP contribution is -2.46. The summed E-state index contributed by atoms with van der Waals surface area (Å²) in [5, 5.41) is 0. The molecule has 0 aromatic heterocycles. The summed E-state index contributed by atoms with van der Waals surface area (Å²) in [6.45, 7) is 3.70. The Morgan fingerprint density at radius 2 is 1.60 bits per heavy atom. The van der Waals surface area contributed by atoms with Gasteiger partial charge in [-0.1, -0.05) is 18.6 Å². The van der Waals surface area contributed by atoms with Gasteiger partial charge in [-0.05, 0) is 56.5 Å². The Morgan fingerprint density at radius 1 is 1.00 bits per heavy atom. The van der Waals surface area contributed by atoms with Crippen molar-refractivity contribution in [3.05, 3.63) is 29.8 Å².